The lowest BCUT2D eigenvalue weighted by molar-refractivity contribution is 0.574. The van der Waals surface area contributed by atoms with Crippen LogP contribution in [0.2, 0.25) is 0 Å². The van der Waals surface area contributed by atoms with E-state index in [2.05, 4.69) is 17.0 Å². The number of benzene rings is 1. The van der Waals surface area contributed by atoms with Crippen LogP contribution in [-0.2, 0) is 0 Å². The Kier molecular flexibility index (Phi) is 2.59. The summed E-state index contributed by atoms with van der Waals surface area (Å²) in [5.41, 5.74) is 7.57. The average molecular weight is 227 g/mol. The minimum Gasteiger partial charge on any atom is -0.399 e. The van der Waals surface area contributed by atoms with Crippen molar-refractivity contribution < 1.29 is 0 Å². The molecule has 0 unspecified atom stereocenters. The van der Waals surface area contributed by atoms with Gasteiger partial charge in [-0.2, -0.15) is 0 Å². The summed E-state index contributed by atoms with van der Waals surface area (Å²) in [6, 6.07) is 10.1. The minimum absolute atomic E-state index is 0.779. The van der Waals surface area contributed by atoms with E-state index in [9.17, 15) is 0 Å². The first-order chi connectivity index (χ1) is 8.33. The van der Waals surface area contributed by atoms with Crippen LogP contribution in [0.25, 0.3) is 10.9 Å². The number of rotatable bonds is 1. The molecule has 1 aliphatic heterocycles. The standard InChI is InChI=1S/C14H17N3/c15-12-6-4-11-5-7-14(16-13(11)10-12)17-8-2-1-3-9-17/h4-7,10H,1-3,8-9,15H2. The van der Waals surface area contributed by atoms with E-state index >= 15 is 0 Å². The molecule has 1 aliphatic rings. The maximum atomic E-state index is 5.80. The molecule has 88 valence electrons. The Morgan fingerprint density at radius 2 is 1.76 bits per heavy atom. The molecular weight excluding hydrogens is 210 g/mol. The van der Waals surface area contributed by atoms with Crippen molar-refractivity contribution in [3.63, 3.8) is 0 Å². The van der Waals surface area contributed by atoms with Crippen LogP contribution < -0.4 is 10.6 Å². The van der Waals surface area contributed by atoms with Crippen LogP contribution in [0.3, 0.4) is 0 Å². The highest BCUT2D eigenvalue weighted by atomic mass is 15.2. The Balaban J connectivity index is 1.99. The van der Waals surface area contributed by atoms with Gasteiger partial charge in [0.25, 0.3) is 0 Å². The topological polar surface area (TPSA) is 42.1 Å². The van der Waals surface area contributed by atoms with Gasteiger partial charge in [-0.05, 0) is 43.5 Å². The second-order valence-corrected chi connectivity index (χ2v) is 4.67. The van der Waals surface area contributed by atoms with Crippen LogP contribution in [0.15, 0.2) is 30.3 Å². The summed E-state index contributed by atoms with van der Waals surface area (Å²) in [7, 11) is 0. The molecule has 3 rings (SSSR count). The molecule has 0 radical (unpaired) electrons. The van der Waals surface area contributed by atoms with E-state index < -0.39 is 0 Å². The highest BCUT2D eigenvalue weighted by molar-refractivity contribution is 5.83. The zero-order valence-corrected chi connectivity index (χ0v) is 9.89. The Morgan fingerprint density at radius 1 is 1.00 bits per heavy atom. The molecule has 1 aromatic carbocycles. The first-order valence-corrected chi connectivity index (χ1v) is 6.24. The highest BCUT2D eigenvalue weighted by Crippen LogP contribution is 2.22. The first kappa shape index (κ1) is 10.4. The molecule has 2 heterocycles. The quantitative estimate of drug-likeness (QED) is 0.762. The van der Waals surface area contributed by atoms with Gasteiger partial charge < -0.3 is 10.6 Å². The van der Waals surface area contributed by atoms with Gasteiger partial charge in [-0.25, -0.2) is 4.98 Å². The van der Waals surface area contributed by atoms with Crippen molar-refractivity contribution in [2.45, 2.75) is 19.3 Å². The molecule has 17 heavy (non-hydrogen) atoms. The SMILES string of the molecule is Nc1ccc2ccc(N3CCCCC3)nc2c1. The maximum absolute atomic E-state index is 5.80. The zero-order chi connectivity index (χ0) is 11.7. The second-order valence-electron chi connectivity index (χ2n) is 4.67. The lowest BCUT2D eigenvalue weighted by Gasteiger charge is -2.27. The number of nitrogens with two attached hydrogens (primary N) is 1. The van der Waals surface area contributed by atoms with Crippen LogP contribution in [0, 0.1) is 0 Å². The number of nitrogens with zero attached hydrogens (tertiary/aromatic N) is 2. The van der Waals surface area contributed by atoms with E-state index in [1.54, 1.807) is 0 Å². The molecule has 3 nitrogen and oxygen atoms in total. The molecule has 0 aliphatic carbocycles. The van der Waals surface area contributed by atoms with Gasteiger partial charge in [0.15, 0.2) is 0 Å². The fourth-order valence-corrected chi connectivity index (χ4v) is 2.42. The summed E-state index contributed by atoms with van der Waals surface area (Å²) in [6.07, 6.45) is 3.89. The summed E-state index contributed by atoms with van der Waals surface area (Å²) in [5.74, 6) is 1.09. The largest absolute Gasteiger partial charge is 0.399 e. The summed E-state index contributed by atoms with van der Waals surface area (Å²) in [4.78, 5) is 7.07. The lowest BCUT2D eigenvalue weighted by Crippen LogP contribution is -2.30. The van der Waals surface area contributed by atoms with E-state index in [1.807, 2.05) is 18.2 Å². The summed E-state index contributed by atoms with van der Waals surface area (Å²) in [5, 5.41) is 1.15. The van der Waals surface area contributed by atoms with Crippen molar-refractivity contribution in [2.24, 2.45) is 0 Å². The Bertz CT molecular complexity index is 530. The van der Waals surface area contributed by atoms with Gasteiger partial charge >= 0.3 is 0 Å². The summed E-state index contributed by atoms with van der Waals surface area (Å²) < 4.78 is 0. The normalized spacial score (nSPS) is 16.4. The molecule has 3 heteroatoms. The molecular formula is C14H17N3. The third-order valence-electron chi connectivity index (χ3n) is 3.38. The molecule has 1 saturated heterocycles. The third-order valence-corrected chi connectivity index (χ3v) is 3.38. The smallest absolute Gasteiger partial charge is 0.129 e. The monoisotopic (exact) mass is 227 g/mol. The van der Waals surface area contributed by atoms with E-state index in [1.165, 1.54) is 19.3 Å². The molecule has 1 aromatic heterocycles. The Hall–Kier alpha value is -1.77. The number of aromatic nitrogens is 1. The first-order valence-electron chi connectivity index (χ1n) is 6.24. The maximum Gasteiger partial charge on any atom is 0.129 e. The molecule has 2 aromatic rings. The van der Waals surface area contributed by atoms with Gasteiger partial charge in [-0.15, -0.1) is 0 Å². The van der Waals surface area contributed by atoms with Crippen molar-refractivity contribution in [2.75, 3.05) is 23.7 Å². The predicted octanol–water partition coefficient (Wildman–Crippen LogP) is 2.81. The number of anilines is 2. The van der Waals surface area contributed by atoms with E-state index in [0.29, 0.717) is 0 Å². The fraction of sp³-hybridized carbons (Fsp3) is 0.357. The highest BCUT2D eigenvalue weighted by Gasteiger charge is 2.12. The number of hydrogen-bond acceptors (Lipinski definition) is 3. The Labute approximate surface area is 101 Å². The van der Waals surface area contributed by atoms with Crippen LogP contribution in [0.1, 0.15) is 19.3 Å². The second kappa shape index (κ2) is 4.24. The average Bonchev–Trinajstić information content (AvgIpc) is 2.39. The van der Waals surface area contributed by atoms with E-state index in [-0.39, 0.29) is 0 Å². The fourth-order valence-electron chi connectivity index (χ4n) is 2.42. The Morgan fingerprint density at radius 3 is 2.59 bits per heavy atom. The van der Waals surface area contributed by atoms with E-state index in [4.69, 9.17) is 10.7 Å². The van der Waals surface area contributed by atoms with Crippen LogP contribution in [0.5, 0.6) is 0 Å². The number of nitrogen functional groups attached to an aromatic ring is 1. The van der Waals surface area contributed by atoms with Crippen LogP contribution >= 0.6 is 0 Å². The minimum atomic E-state index is 0.779. The molecule has 2 N–H and O–H groups in total. The molecule has 0 amide bonds. The van der Waals surface area contributed by atoms with Gasteiger partial charge in [0.2, 0.25) is 0 Å². The van der Waals surface area contributed by atoms with Crippen LogP contribution in [-0.4, -0.2) is 18.1 Å². The van der Waals surface area contributed by atoms with Gasteiger partial charge in [0, 0.05) is 24.2 Å². The molecule has 0 spiro atoms. The molecule has 1 fully saturated rings. The van der Waals surface area contributed by atoms with Crippen molar-refractivity contribution in [1.82, 2.24) is 4.98 Å². The molecule has 0 bridgehead atoms. The number of pyridine rings is 1. The van der Waals surface area contributed by atoms with Gasteiger partial charge in [0.1, 0.15) is 5.82 Å². The lowest BCUT2D eigenvalue weighted by atomic mass is 10.1. The number of fused-ring (bicyclic) bond motifs is 1. The number of piperidine rings is 1. The van der Waals surface area contributed by atoms with Gasteiger partial charge in [-0.1, -0.05) is 6.07 Å². The predicted molar refractivity (Wildman–Crippen MR) is 72.2 cm³/mol. The zero-order valence-electron chi connectivity index (χ0n) is 9.89. The van der Waals surface area contributed by atoms with Gasteiger partial charge in [0.05, 0.1) is 5.52 Å². The van der Waals surface area contributed by atoms with Crippen molar-refractivity contribution in [1.29, 1.82) is 0 Å². The van der Waals surface area contributed by atoms with Gasteiger partial charge in [-0.3, -0.25) is 0 Å². The van der Waals surface area contributed by atoms with Crippen molar-refractivity contribution in [3.05, 3.63) is 30.3 Å². The van der Waals surface area contributed by atoms with Crippen LogP contribution in [0.4, 0.5) is 11.5 Å². The third kappa shape index (κ3) is 2.05. The van der Waals surface area contributed by atoms with Crippen molar-refractivity contribution >= 4 is 22.4 Å². The molecule has 0 saturated carbocycles. The van der Waals surface area contributed by atoms with E-state index in [0.717, 1.165) is 35.5 Å². The van der Waals surface area contributed by atoms with Crippen molar-refractivity contribution in [3.8, 4) is 0 Å². The summed E-state index contributed by atoms with van der Waals surface area (Å²) >= 11 is 0. The number of hydrogen-bond donors (Lipinski definition) is 1. The molecule has 0 atom stereocenters. The summed E-state index contributed by atoms with van der Waals surface area (Å²) in [6.45, 7) is 2.25.